The van der Waals surface area contributed by atoms with Crippen molar-refractivity contribution < 1.29 is 27.4 Å². The van der Waals surface area contributed by atoms with Crippen LogP contribution in [0.2, 0.25) is 0 Å². The summed E-state index contributed by atoms with van der Waals surface area (Å²) in [5.41, 5.74) is 0.988. The first kappa shape index (κ1) is 18.6. The number of para-hydroxylation sites is 1. The Morgan fingerprint density at radius 1 is 1.26 bits per heavy atom. The molecular weight excluding hydrogens is 361 g/mol. The van der Waals surface area contributed by atoms with E-state index >= 15 is 0 Å². The molecule has 5 nitrogen and oxygen atoms in total. The number of carbonyl (C=O) groups is 1. The van der Waals surface area contributed by atoms with E-state index in [1.54, 1.807) is 6.07 Å². The van der Waals surface area contributed by atoms with E-state index in [2.05, 4.69) is 5.32 Å². The van der Waals surface area contributed by atoms with Crippen molar-refractivity contribution in [1.82, 2.24) is 10.2 Å². The maximum atomic E-state index is 13.0. The molecule has 1 aromatic rings. The largest absolute Gasteiger partial charge is 0.417 e. The third-order valence-corrected chi connectivity index (χ3v) is 5.74. The van der Waals surface area contributed by atoms with Gasteiger partial charge in [-0.3, -0.25) is 10.2 Å². The topological polar surface area (TPSA) is 50.8 Å². The van der Waals surface area contributed by atoms with Gasteiger partial charge in [-0.1, -0.05) is 18.2 Å². The first-order valence-corrected chi connectivity index (χ1v) is 9.38. The van der Waals surface area contributed by atoms with Crippen LogP contribution in [0.3, 0.4) is 0 Å². The number of amides is 1. The number of hydrogen-bond donors (Lipinski definition) is 1. The Morgan fingerprint density at radius 3 is 2.74 bits per heavy atom. The highest BCUT2D eigenvalue weighted by atomic mass is 19.4. The minimum Gasteiger partial charge on any atom is -0.410 e. The number of carbonyl (C=O) groups excluding carboxylic acids is 1. The Morgan fingerprint density at radius 2 is 2.00 bits per heavy atom. The van der Waals surface area contributed by atoms with Gasteiger partial charge in [-0.05, 0) is 50.2 Å². The molecule has 148 valence electrons. The molecule has 1 aliphatic carbocycles. The number of alkyl halides is 3. The van der Waals surface area contributed by atoms with Crippen molar-refractivity contribution >= 4 is 6.09 Å². The van der Waals surface area contributed by atoms with Crippen molar-refractivity contribution in [2.24, 2.45) is 0 Å². The highest BCUT2D eigenvalue weighted by molar-refractivity contribution is 5.72. The maximum absolute atomic E-state index is 13.0. The lowest BCUT2D eigenvalue weighted by Gasteiger charge is -2.47. The van der Waals surface area contributed by atoms with Gasteiger partial charge in [0.15, 0.2) is 6.23 Å². The highest BCUT2D eigenvalue weighted by Crippen LogP contribution is 2.44. The summed E-state index contributed by atoms with van der Waals surface area (Å²) in [4.78, 5) is 14.2. The van der Waals surface area contributed by atoms with E-state index in [1.165, 1.54) is 4.90 Å². The monoisotopic (exact) mass is 384 g/mol. The SMILES string of the molecule is CC(NC1CCCN2C(=O)Oc3ccccc3C3CC(C3)OC12)C(F)(F)F. The molecule has 1 saturated heterocycles. The lowest BCUT2D eigenvalue weighted by molar-refractivity contribution is -0.173. The first-order chi connectivity index (χ1) is 12.8. The fourth-order valence-electron chi connectivity index (χ4n) is 4.10. The predicted octanol–water partition coefficient (Wildman–Crippen LogP) is 3.79. The smallest absolute Gasteiger partial charge is 0.410 e. The molecule has 1 amide bonds. The summed E-state index contributed by atoms with van der Waals surface area (Å²) in [6.45, 7) is 1.49. The molecule has 27 heavy (non-hydrogen) atoms. The molecule has 0 aromatic heterocycles. The quantitative estimate of drug-likeness (QED) is 0.843. The van der Waals surface area contributed by atoms with E-state index in [-0.39, 0.29) is 12.0 Å². The fraction of sp³-hybridized carbons (Fsp3) is 0.632. The standard InChI is InChI=1S/C19H23F3N2O3/c1-11(19(20,21)22)23-15-6-4-8-24-17(15)26-13-9-12(10-13)14-5-2-3-7-16(14)27-18(24)25/h2-3,5,7,11-13,15,17,23H,4,6,8-10H2,1H3. The Bertz CT molecular complexity index is 706. The number of rotatable bonds is 2. The van der Waals surface area contributed by atoms with Gasteiger partial charge in [0.05, 0.1) is 12.1 Å². The minimum absolute atomic E-state index is 0.0648. The summed E-state index contributed by atoms with van der Waals surface area (Å²) in [6.07, 6.45) is -3.08. The van der Waals surface area contributed by atoms with E-state index in [0.29, 0.717) is 25.1 Å². The van der Waals surface area contributed by atoms with Gasteiger partial charge in [-0.25, -0.2) is 4.79 Å². The third kappa shape index (κ3) is 3.65. The van der Waals surface area contributed by atoms with Gasteiger partial charge >= 0.3 is 12.3 Å². The molecule has 3 atom stereocenters. The highest BCUT2D eigenvalue weighted by Gasteiger charge is 2.45. The maximum Gasteiger partial charge on any atom is 0.417 e. The first-order valence-electron chi connectivity index (χ1n) is 9.38. The molecule has 1 aromatic carbocycles. The molecule has 0 radical (unpaired) electrons. The number of nitrogens with one attached hydrogen (secondary N) is 1. The van der Waals surface area contributed by atoms with Crippen LogP contribution in [0.25, 0.3) is 0 Å². The Hall–Kier alpha value is -1.80. The molecule has 3 aliphatic heterocycles. The second-order valence-electron chi connectivity index (χ2n) is 7.59. The summed E-state index contributed by atoms with van der Waals surface area (Å²) in [6, 6.07) is 5.18. The van der Waals surface area contributed by atoms with Crippen molar-refractivity contribution in [1.29, 1.82) is 0 Å². The van der Waals surface area contributed by atoms with Crippen LogP contribution in [0.5, 0.6) is 5.75 Å². The lowest BCUT2D eigenvalue weighted by Crippen LogP contribution is -2.62. The number of halogens is 3. The zero-order chi connectivity index (χ0) is 19.2. The predicted molar refractivity (Wildman–Crippen MR) is 91.5 cm³/mol. The number of piperidine rings is 1. The van der Waals surface area contributed by atoms with Crippen LogP contribution in [-0.4, -0.2) is 48.1 Å². The average Bonchev–Trinajstić information content (AvgIpc) is 2.58. The van der Waals surface area contributed by atoms with E-state index in [9.17, 15) is 18.0 Å². The number of hydrogen-bond acceptors (Lipinski definition) is 4. The Balaban J connectivity index is 1.59. The van der Waals surface area contributed by atoms with Gasteiger partial charge in [0, 0.05) is 6.54 Å². The Labute approximate surface area is 155 Å². The van der Waals surface area contributed by atoms with Crippen LogP contribution in [0, 0.1) is 0 Å². The molecular formula is C19H23F3N2O3. The normalized spacial score (nSPS) is 31.9. The second kappa shape index (κ2) is 6.98. The van der Waals surface area contributed by atoms with Crippen LogP contribution in [-0.2, 0) is 4.74 Å². The van der Waals surface area contributed by atoms with E-state index in [0.717, 1.165) is 25.3 Å². The van der Waals surface area contributed by atoms with Gasteiger partial charge in [0.25, 0.3) is 0 Å². The van der Waals surface area contributed by atoms with Crippen LogP contribution in [0.15, 0.2) is 24.3 Å². The average molecular weight is 384 g/mol. The van der Waals surface area contributed by atoms with E-state index in [4.69, 9.17) is 9.47 Å². The lowest BCUT2D eigenvalue weighted by atomic mass is 9.77. The molecule has 3 unspecified atom stereocenters. The van der Waals surface area contributed by atoms with Crippen molar-refractivity contribution in [3.8, 4) is 5.75 Å². The van der Waals surface area contributed by atoms with Gasteiger partial charge in [0.1, 0.15) is 11.8 Å². The molecule has 4 aliphatic rings. The summed E-state index contributed by atoms with van der Waals surface area (Å²) >= 11 is 0. The molecule has 8 heteroatoms. The summed E-state index contributed by atoms with van der Waals surface area (Å²) in [7, 11) is 0. The summed E-state index contributed by atoms with van der Waals surface area (Å²) in [5, 5.41) is 2.62. The van der Waals surface area contributed by atoms with Crippen LogP contribution >= 0.6 is 0 Å². The summed E-state index contributed by atoms with van der Waals surface area (Å²) in [5.74, 6) is 0.778. The van der Waals surface area contributed by atoms with Gasteiger partial charge < -0.3 is 9.47 Å². The van der Waals surface area contributed by atoms with Gasteiger partial charge in [-0.2, -0.15) is 13.2 Å². The molecule has 5 rings (SSSR count). The number of nitrogens with zero attached hydrogens (tertiary/aromatic N) is 1. The number of benzene rings is 1. The van der Waals surface area contributed by atoms with Gasteiger partial charge in [-0.15, -0.1) is 0 Å². The fourth-order valence-corrected chi connectivity index (χ4v) is 4.10. The molecule has 0 spiro atoms. The minimum atomic E-state index is -4.35. The van der Waals surface area contributed by atoms with Crippen LogP contribution in [0.4, 0.5) is 18.0 Å². The van der Waals surface area contributed by atoms with Crippen molar-refractivity contribution in [3.05, 3.63) is 29.8 Å². The van der Waals surface area contributed by atoms with E-state index < -0.39 is 30.6 Å². The zero-order valence-electron chi connectivity index (χ0n) is 15.0. The van der Waals surface area contributed by atoms with Gasteiger partial charge in [0.2, 0.25) is 0 Å². The van der Waals surface area contributed by atoms with Crippen molar-refractivity contribution in [3.63, 3.8) is 0 Å². The molecule has 3 heterocycles. The molecule has 2 fully saturated rings. The number of ether oxygens (including phenoxy) is 2. The van der Waals surface area contributed by atoms with Crippen LogP contribution < -0.4 is 10.1 Å². The Kier molecular flexibility index (Phi) is 4.80. The molecule has 1 saturated carbocycles. The molecule has 1 N–H and O–H groups in total. The van der Waals surface area contributed by atoms with E-state index in [1.807, 2.05) is 18.2 Å². The van der Waals surface area contributed by atoms with Crippen molar-refractivity contribution in [2.75, 3.05) is 6.54 Å². The zero-order valence-corrected chi connectivity index (χ0v) is 15.0. The number of fused-ring (bicyclic) bond motifs is 1. The molecule has 2 bridgehead atoms. The van der Waals surface area contributed by atoms with Crippen molar-refractivity contribution in [2.45, 2.75) is 69.1 Å². The second-order valence-corrected chi connectivity index (χ2v) is 7.59. The van der Waals surface area contributed by atoms with Crippen LogP contribution in [0.1, 0.15) is 44.1 Å². The third-order valence-electron chi connectivity index (χ3n) is 5.74. The summed E-state index contributed by atoms with van der Waals surface area (Å²) < 4.78 is 50.7.